The predicted molar refractivity (Wildman–Crippen MR) is 112 cm³/mol. The van der Waals surface area contributed by atoms with Crippen LogP contribution < -0.4 is 9.47 Å². The Morgan fingerprint density at radius 2 is 1.72 bits per heavy atom. The van der Waals surface area contributed by atoms with Gasteiger partial charge in [0.05, 0.1) is 26.0 Å². The second-order valence-corrected chi connectivity index (χ2v) is 7.84. The largest absolute Gasteiger partial charge is 0.497 e. The normalized spacial score (nSPS) is 22.8. The fraction of sp³-hybridized carbons (Fsp3) is 0.391. The standard InChI is InChI=1S/C23H27N3O3/c1-14(27)26-23(15-6-8-16(28-4)9-7-15)20-13-21(25(2)3)18-11-10-17(29-5)12-19(18)22(20)24-26/h6-12,20-21,23H,13H2,1-5H3/t20-,21-,23-/m0/s1. The summed E-state index contributed by atoms with van der Waals surface area (Å²) in [6.07, 6.45) is 0.894. The smallest absolute Gasteiger partial charge is 0.240 e. The highest BCUT2D eigenvalue weighted by Crippen LogP contribution is 2.48. The van der Waals surface area contributed by atoms with Gasteiger partial charge in [-0.15, -0.1) is 0 Å². The highest BCUT2D eigenvalue weighted by atomic mass is 16.5. The second-order valence-electron chi connectivity index (χ2n) is 7.84. The number of hydrazone groups is 1. The Labute approximate surface area is 171 Å². The first-order valence-electron chi connectivity index (χ1n) is 9.81. The third-order valence-corrected chi connectivity index (χ3v) is 5.99. The van der Waals surface area contributed by atoms with Crippen LogP contribution in [0.15, 0.2) is 47.6 Å². The highest BCUT2D eigenvalue weighted by molar-refractivity contribution is 6.07. The van der Waals surface area contributed by atoms with E-state index in [1.165, 1.54) is 5.56 Å². The van der Waals surface area contributed by atoms with Crippen LogP contribution in [0.5, 0.6) is 11.5 Å². The lowest BCUT2D eigenvalue weighted by atomic mass is 9.74. The molecule has 29 heavy (non-hydrogen) atoms. The molecule has 0 saturated heterocycles. The summed E-state index contributed by atoms with van der Waals surface area (Å²) in [6.45, 7) is 1.58. The number of nitrogens with zero attached hydrogens (tertiary/aromatic N) is 3. The van der Waals surface area contributed by atoms with Gasteiger partial charge in [0.25, 0.3) is 0 Å². The van der Waals surface area contributed by atoms with Crippen molar-refractivity contribution in [3.05, 3.63) is 59.2 Å². The number of amides is 1. The Bertz CT molecular complexity index is 952. The molecule has 0 unspecified atom stereocenters. The first kappa shape index (κ1) is 19.5. The van der Waals surface area contributed by atoms with E-state index >= 15 is 0 Å². The summed E-state index contributed by atoms with van der Waals surface area (Å²) in [6, 6.07) is 14.2. The average Bonchev–Trinajstić information content (AvgIpc) is 3.12. The summed E-state index contributed by atoms with van der Waals surface area (Å²) >= 11 is 0. The molecule has 1 aliphatic heterocycles. The lowest BCUT2D eigenvalue weighted by Gasteiger charge is -2.37. The van der Waals surface area contributed by atoms with Crippen molar-refractivity contribution in [2.24, 2.45) is 11.0 Å². The zero-order valence-electron chi connectivity index (χ0n) is 17.5. The molecule has 2 aromatic carbocycles. The zero-order chi connectivity index (χ0) is 20.7. The lowest BCUT2D eigenvalue weighted by molar-refractivity contribution is -0.131. The minimum atomic E-state index is -0.129. The molecule has 0 spiro atoms. The topological polar surface area (TPSA) is 54.4 Å². The molecule has 0 bridgehead atoms. The molecule has 0 radical (unpaired) electrons. The van der Waals surface area contributed by atoms with Gasteiger partial charge in [0.2, 0.25) is 5.91 Å². The number of hydrogen-bond donors (Lipinski definition) is 0. The number of hydrogen-bond acceptors (Lipinski definition) is 5. The Kier molecular flexibility index (Phi) is 5.04. The van der Waals surface area contributed by atoms with Gasteiger partial charge in [0.1, 0.15) is 11.5 Å². The SMILES string of the molecule is COc1ccc([C@H]2[C@H]3C[C@H](N(C)C)c4ccc(OC)cc4C3=NN2C(C)=O)cc1. The van der Waals surface area contributed by atoms with E-state index in [-0.39, 0.29) is 23.9 Å². The molecule has 6 heteroatoms. The Morgan fingerprint density at radius 3 is 2.31 bits per heavy atom. The van der Waals surface area contributed by atoms with Crippen LogP contribution in [0.3, 0.4) is 0 Å². The van der Waals surface area contributed by atoms with Gasteiger partial charge in [0, 0.05) is 24.4 Å². The summed E-state index contributed by atoms with van der Waals surface area (Å²) in [5.41, 5.74) is 4.33. The van der Waals surface area contributed by atoms with Crippen LogP contribution in [0.1, 0.15) is 42.1 Å². The van der Waals surface area contributed by atoms with E-state index in [9.17, 15) is 4.79 Å². The fourth-order valence-electron chi connectivity index (χ4n) is 4.54. The number of methoxy groups -OCH3 is 2. The van der Waals surface area contributed by atoms with E-state index in [0.717, 1.165) is 34.8 Å². The molecule has 1 aliphatic carbocycles. The number of carbonyl (C=O) groups is 1. The van der Waals surface area contributed by atoms with Gasteiger partial charge >= 0.3 is 0 Å². The van der Waals surface area contributed by atoms with Gasteiger partial charge in [-0.05, 0) is 55.9 Å². The maximum absolute atomic E-state index is 12.5. The fourth-order valence-corrected chi connectivity index (χ4v) is 4.54. The van der Waals surface area contributed by atoms with Crippen LogP contribution in [0.2, 0.25) is 0 Å². The van der Waals surface area contributed by atoms with Crippen LogP contribution >= 0.6 is 0 Å². The van der Waals surface area contributed by atoms with Gasteiger partial charge in [-0.25, -0.2) is 5.01 Å². The van der Waals surface area contributed by atoms with E-state index in [0.29, 0.717) is 0 Å². The van der Waals surface area contributed by atoms with Crippen LogP contribution in [-0.4, -0.2) is 49.8 Å². The molecule has 1 amide bonds. The van der Waals surface area contributed by atoms with Gasteiger partial charge < -0.3 is 14.4 Å². The Balaban J connectivity index is 1.84. The number of fused-ring (bicyclic) bond motifs is 3. The lowest BCUT2D eigenvalue weighted by Crippen LogP contribution is -2.35. The average molecular weight is 393 g/mol. The molecule has 1 heterocycles. The maximum Gasteiger partial charge on any atom is 0.240 e. The van der Waals surface area contributed by atoms with Crippen molar-refractivity contribution in [2.45, 2.75) is 25.4 Å². The summed E-state index contributed by atoms with van der Waals surface area (Å²) in [7, 11) is 7.52. The van der Waals surface area contributed by atoms with Crippen molar-refractivity contribution in [3.63, 3.8) is 0 Å². The maximum atomic E-state index is 12.5. The first-order valence-corrected chi connectivity index (χ1v) is 9.81. The zero-order valence-corrected chi connectivity index (χ0v) is 17.5. The van der Waals surface area contributed by atoms with Gasteiger partial charge in [0.15, 0.2) is 0 Å². The number of rotatable bonds is 4. The van der Waals surface area contributed by atoms with Crippen molar-refractivity contribution < 1.29 is 14.3 Å². The van der Waals surface area contributed by atoms with Gasteiger partial charge in [-0.1, -0.05) is 18.2 Å². The quantitative estimate of drug-likeness (QED) is 0.796. The van der Waals surface area contributed by atoms with E-state index in [4.69, 9.17) is 14.6 Å². The minimum absolute atomic E-state index is 0.0569. The Hall–Kier alpha value is -2.86. The van der Waals surface area contributed by atoms with Crippen molar-refractivity contribution in [1.82, 2.24) is 9.91 Å². The van der Waals surface area contributed by atoms with Crippen LogP contribution in [0.25, 0.3) is 0 Å². The van der Waals surface area contributed by atoms with Crippen molar-refractivity contribution >= 4 is 11.6 Å². The molecular weight excluding hydrogens is 366 g/mol. The summed E-state index contributed by atoms with van der Waals surface area (Å²) < 4.78 is 10.8. The monoisotopic (exact) mass is 393 g/mol. The Morgan fingerprint density at radius 1 is 1.07 bits per heavy atom. The second kappa shape index (κ2) is 7.52. The first-order chi connectivity index (χ1) is 13.9. The van der Waals surface area contributed by atoms with Crippen LogP contribution in [0, 0.1) is 5.92 Å². The molecule has 2 aliphatic rings. The number of carbonyl (C=O) groups excluding carboxylic acids is 1. The minimum Gasteiger partial charge on any atom is -0.497 e. The molecule has 3 atom stereocenters. The van der Waals surface area contributed by atoms with E-state index in [1.54, 1.807) is 26.2 Å². The highest BCUT2D eigenvalue weighted by Gasteiger charge is 2.46. The van der Waals surface area contributed by atoms with Gasteiger partial charge in [-0.2, -0.15) is 5.10 Å². The summed E-state index contributed by atoms with van der Waals surface area (Å²) in [5, 5.41) is 6.46. The molecule has 152 valence electrons. The van der Waals surface area contributed by atoms with E-state index in [2.05, 4.69) is 25.1 Å². The number of ether oxygens (including phenoxy) is 2. The van der Waals surface area contributed by atoms with Gasteiger partial charge in [-0.3, -0.25) is 4.79 Å². The van der Waals surface area contributed by atoms with Crippen molar-refractivity contribution in [3.8, 4) is 11.5 Å². The molecule has 0 N–H and O–H groups in total. The number of benzene rings is 2. The molecule has 0 fully saturated rings. The van der Waals surface area contributed by atoms with E-state index in [1.807, 2.05) is 36.4 Å². The molecule has 4 rings (SSSR count). The molecule has 0 saturated carbocycles. The molecule has 0 aromatic heterocycles. The third-order valence-electron chi connectivity index (χ3n) is 5.99. The van der Waals surface area contributed by atoms with Crippen LogP contribution in [0.4, 0.5) is 0 Å². The molecule has 2 aromatic rings. The van der Waals surface area contributed by atoms with Crippen molar-refractivity contribution in [2.75, 3.05) is 28.3 Å². The van der Waals surface area contributed by atoms with Crippen LogP contribution in [-0.2, 0) is 4.79 Å². The summed E-state index contributed by atoms with van der Waals surface area (Å²) in [5.74, 6) is 1.65. The van der Waals surface area contributed by atoms with E-state index < -0.39 is 0 Å². The predicted octanol–water partition coefficient (Wildman–Crippen LogP) is 3.63. The third kappa shape index (κ3) is 3.27. The molecule has 6 nitrogen and oxygen atoms in total. The molecular formula is C23H27N3O3. The van der Waals surface area contributed by atoms with Crippen molar-refractivity contribution in [1.29, 1.82) is 0 Å². The summed E-state index contributed by atoms with van der Waals surface area (Å²) in [4.78, 5) is 14.7.